The van der Waals surface area contributed by atoms with Crippen molar-refractivity contribution in [3.8, 4) is 0 Å². The normalized spacial score (nSPS) is 20.6. The molecule has 0 amide bonds. The zero-order valence-electron chi connectivity index (χ0n) is 9.56. The zero-order chi connectivity index (χ0) is 10.3. The molecule has 0 N–H and O–H groups in total. The smallest absolute Gasteiger partial charge is 0.126 e. The molecular weight excluding hydrogens is 172 g/mol. The third-order valence-corrected chi connectivity index (χ3v) is 3.63. The second-order valence-corrected chi connectivity index (χ2v) is 4.85. The molecule has 0 aromatic heterocycles. The highest BCUT2D eigenvalue weighted by atomic mass is 16.1. The molecule has 0 radical (unpaired) electrons. The van der Waals surface area contributed by atoms with Crippen LogP contribution in [0.5, 0.6) is 0 Å². The van der Waals surface area contributed by atoms with E-state index in [2.05, 4.69) is 6.92 Å². The molecule has 1 aliphatic carbocycles. The summed E-state index contributed by atoms with van der Waals surface area (Å²) in [5.74, 6) is 0. The first-order valence-corrected chi connectivity index (χ1v) is 6.29. The summed E-state index contributed by atoms with van der Waals surface area (Å²) < 4.78 is 0. The van der Waals surface area contributed by atoms with Crippen LogP contribution < -0.4 is 0 Å². The van der Waals surface area contributed by atoms with Crippen molar-refractivity contribution in [2.75, 3.05) is 0 Å². The molecule has 0 atom stereocenters. The Morgan fingerprint density at radius 2 is 1.79 bits per heavy atom. The highest BCUT2D eigenvalue weighted by Gasteiger charge is 2.30. The quantitative estimate of drug-likeness (QED) is 0.461. The van der Waals surface area contributed by atoms with Crippen molar-refractivity contribution in [2.24, 2.45) is 5.41 Å². The molecule has 1 aliphatic rings. The van der Waals surface area contributed by atoms with Crippen molar-refractivity contribution in [3.63, 3.8) is 0 Å². The first-order chi connectivity index (χ1) is 6.83. The Labute approximate surface area is 88.3 Å². The van der Waals surface area contributed by atoms with Gasteiger partial charge in [0.1, 0.15) is 6.29 Å². The van der Waals surface area contributed by atoms with Gasteiger partial charge in [-0.05, 0) is 19.3 Å². The lowest BCUT2D eigenvalue weighted by Crippen LogP contribution is -2.25. The summed E-state index contributed by atoms with van der Waals surface area (Å²) in [5, 5.41) is 0. The Bertz CT molecular complexity index is 157. The summed E-state index contributed by atoms with van der Waals surface area (Å²) in [7, 11) is 0. The Morgan fingerprint density at radius 1 is 1.07 bits per heavy atom. The van der Waals surface area contributed by atoms with Gasteiger partial charge in [-0.3, -0.25) is 0 Å². The van der Waals surface area contributed by atoms with Gasteiger partial charge < -0.3 is 4.79 Å². The fourth-order valence-electron chi connectivity index (χ4n) is 2.59. The van der Waals surface area contributed by atoms with Crippen LogP contribution in [0.2, 0.25) is 0 Å². The van der Waals surface area contributed by atoms with E-state index in [1.807, 2.05) is 0 Å². The Kier molecular flexibility index (Phi) is 5.21. The molecule has 0 spiro atoms. The average Bonchev–Trinajstić information content (AvgIpc) is 2.26. The fourth-order valence-corrected chi connectivity index (χ4v) is 2.59. The predicted octanol–water partition coefficient (Wildman–Crippen LogP) is 4.11. The van der Waals surface area contributed by atoms with E-state index in [1.165, 1.54) is 51.2 Å². The molecule has 1 rings (SSSR count). The molecule has 82 valence electrons. The summed E-state index contributed by atoms with van der Waals surface area (Å²) >= 11 is 0. The zero-order valence-corrected chi connectivity index (χ0v) is 9.56. The minimum atomic E-state index is 0.0893. The van der Waals surface area contributed by atoms with E-state index < -0.39 is 0 Å². The molecule has 1 saturated carbocycles. The van der Waals surface area contributed by atoms with Gasteiger partial charge in [-0.2, -0.15) is 0 Å². The Balaban J connectivity index is 2.25. The summed E-state index contributed by atoms with van der Waals surface area (Å²) in [5.41, 5.74) is 0.0893. The number of carbonyl (C=O) groups excluding carboxylic acids is 1. The highest BCUT2D eigenvalue weighted by molar-refractivity contribution is 5.59. The molecule has 0 aromatic rings. The van der Waals surface area contributed by atoms with Gasteiger partial charge in [0, 0.05) is 5.41 Å². The van der Waals surface area contributed by atoms with Gasteiger partial charge in [-0.1, -0.05) is 51.9 Å². The summed E-state index contributed by atoms with van der Waals surface area (Å²) in [6, 6.07) is 0. The van der Waals surface area contributed by atoms with E-state index in [4.69, 9.17) is 0 Å². The minimum absolute atomic E-state index is 0.0893. The lowest BCUT2D eigenvalue weighted by molar-refractivity contribution is -0.118. The van der Waals surface area contributed by atoms with Crippen LogP contribution in [0.4, 0.5) is 0 Å². The van der Waals surface area contributed by atoms with Gasteiger partial charge in [-0.15, -0.1) is 0 Å². The second-order valence-electron chi connectivity index (χ2n) is 4.85. The predicted molar refractivity (Wildman–Crippen MR) is 60.3 cm³/mol. The van der Waals surface area contributed by atoms with Crippen molar-refractivity contribution in [3.05, 3.63) is 0 Å². The van der Waals surface area contributed by atoms with E-state index in [0.29, 0.717) is 0 Å². The molecule has 0 bridgehead atoms. The second kappa shape index (κ2) is 6.21. The number of aldehydes is 1. The van der Waals surface area contributed by atoms with Crippen molar-refractivity contribution in [1.29, 1.82) is 0 Å². The van der Waals surface area contributed by atoms with E-state index in [0.717, 1.165) is 19.3 Å². The standard InChI is InChI=1S/C13H24O/c1-2-3-4-6-9-13(12-14)10-7-5-8-11-13/h12H,2-11H2,1H3. The van der Waals surface area contributed by atoms with E-state index in [1.54, 1.807) is 0 Å². The van der Waals surface area contributed by atoms with Crippen LogP contribution in [0.25, 0.3) is 0 Å². The molecule has 1 nitrogen and oxygen atoms in total. The van der Waals surface area contributed by atoms with Crippen LogP contribution in [0.1, 0.15) is 71.1 Å². The number of hydrogen-bond acceptors (Lipinski definition) is 1. The lowest BCUT2D eigenvalue weighted by atomic mass is 9.72. The SMILES string of the molecule is CCCCCCC1(C=O)CCCCC1. The van der Waals surface area contributed by atoms with E-state index in [-0.39, 0.29) is 5.41 Å². The summed E-state index contributed by atoms with van der Waals surface area (Å²) in [6.45, 7) is 2.23. The lowest BCUT2D eigenvalue weighted by Gasteiger charge is -2.31. The van der Waals surface area contributed by atoms with Crippen LogP contribution >= 0.6 is 0 Å². The van der Waals surface area contributed by atoms with Crippen LogP contribution in [0.15, 0.2) is 0 Å². The van der Waals surface area contributed by atoms with E-state index >= 15 is 0 Å². The molecule has 0 unspecified atom stereocenters. The van der Waals surface area contributed by atoms with Crippen molar-refractivity contribution in [2.45, 2.75) is 71.1 Å². The fraction of sp³-hybridized carbons (Fsp3) is 0.923. The number of carbonyl (C=O) groups is 1. The Morgan fingerprint density at radius 3 is 2.36 bits per heavy atom. The van der Waals surface area contributed by atoms with Gasteiger partial charge in [0.05, 0.1) is 0 Å². The highest BCUT2D eigenvalue weighted by Crippen LogP contribution is 2.38. The third-order valence-electron chi connectivity index (χ3n) is 3.63. The Hall–Kier alpha value is -0.330. The van der Waals surface area contributed by atoms with Gasteiger partial charge >= 0.3 is 0 Å². The first-order valence-electron chi connectivity index (χ1n) is 6.29. The summed E-state index contributed by atoms with van der Waals surface area (Å²) in [6.07, 6.45) is 13.8. The van der Waals surface area contributed by atoms with Crippen LogP contribution in [-0.4, -0.2) is 6.29 Å². The van der Waals surface area contributed by atoms with Crippen molar-refractivity contribution < 1.29 is 4.79 Å². The summed E-state index contributed by atoms with van der Waals surface area (Å²) in [4.78, 5) is 11.1. The number of hydrogen-bond donors (Lipinski definition) is 0. The molecule has 0 heterocycles. The topological polar surface area (TPSA) is 17.1 Å². The van der Waals surface area contributed by atoms with Gasteiger partial charge in [0.2, 0.25) is 0 Å². The maximum atomic E-state index is 11.1. The monoisotopic (exact) mass is 196 g/mol. The van der Waals surface area contributed by atoms with E-state index in [9.17, 15) is 4.79 Å². The molecule has 0 saturated heterocycles. The number of rotatable bonds is 6. The maximum absolute atomic E-state index is 11.1. The molecule has 0 aliphatic heterocycles. The van der Waals surface area contributed by atoms with Gasteiger partial charge in [0.15, 0.2) is 0 Å². The molecule has 0 aromatic carbocycles. The molecule has 1 fully saturated rings. The van der Waals surface area contributed by atoms with Gasteiger partial charge in [0.25, 0.3) is 0 Å². The average molecular weight is 196 g/mol. The largest absolute Gasteiger partial charge is 0.303 e. The van der Waals surface area contributed by atoms with Crippen molar-refractivity contribution in [1.82, 2.24) is 0 Å². The van der Waals surface area contributed by atoms with Crippen LogP contribution in [0.3, 0.4) is 0 Å². The molecular formula is C13H24O. The third kappa shape index (κ3) is 3.43. The minimum Gasteiger partial charge on any atom is -0.303 e. The molecule has 1 heteroatoms. The number of unbranched alkanes of at least 4 members (excludes halogenated alkanes) is 3. The van der Waals surface area contributed by atoms with Crippen LogP contribution in [0, 0.1) is 5.41 Å². The maximum Gasteiger partial charge on any atom is 0.126 e. The van der Waals surface area contributed by atoms with Crippen LogP contribution in [-0.2, 0) is 4.79 Å². The van der Waals surface area contributed by atoms with Gasteiger partial charge in [-0.25, -0.2) is 0 Å². The van der Waals surface area contributed by atoms with Crippen molar-refractivity contribution >= 4 is 6.29 Å². The molecule has 14 heavy (non-hydrogen) atoms. The first kappa shape index (κ1) is 11.7.